The van der Waals surface area contributed by atoms with Crippen molar-refractivity contribution in [2.75, 3.05) is 23.7 Å². The summed E-state index contributed by atoms with van der Waals surface area (Å²) in [7, 11) is 0. The van der Waals surface area contributed by atoms with Crippen LogP contribution in [0, 0.1) is 0 Å². The Kier molecular flexibility index (Phi) is 2.95. The van der Waals surface area contributed by atoms with Gasteiger partial charge in [0.25, 0.3) is 0 Å². The van der Waals surface area contributed by atoms with Crippen LogP contribution in [0.1, 0.15) is 6.42 Å². The Morgan fingerprint density at radius 3 is 2.59 bits per heavy atom. The molecule has 0 saturated heterocycles. The molecule has 6 heteroatoms. The van der Waals surface area contributed by atoms with Crippen molar-refractivity contribution >= 4 is 11.6 Å². The van der Waals surface area contributed by atoms with Crippen molar-refractivity contribution in [3.63, 3.8) is 0 Å². The number of nitrogens with two attached hydrogens (primary N) is 1. The van der Waals surface area contributed by atoms with Crippen LogP contribution in [0.15, 0.2) is 29.8 Å². The zero-order valence-electron chi connectivity index (χ0n) is 9.04. The normalized spacial score (nSPS) is 16.9. The number of pyridine rings is 1. The number of alkyl halides is 3. The Balaban J connectivity index is 2.12. The predicted molar refractivity (Wildman–Crippen MR) is 59.6 cm³/mol. The fourth-order valence-corrected chi connectivity index (χ4v) is 1.75. The zero-order valence-corrected chi connectivity index (χ0v) is 9.04. The maximum absolute atomic E-state index is 12.4. The van der Waals surface area contributed by atoms with Crippen LogP contribution in [-0.4, -0.2) is 24.2 Å². The highest BCUT2D eigenvalue weighted by molar-refractivity contribution is 5.46. The van der Waals surface area contributed by atoms with E-state index in [1.165, 1.54) is 6.08 Å². The van der Waals surface area contributed by atoms with Gasteiger partial charge in [0, 0.05) is 18.7 Å². The van der Waals surface area contributed by atoms with Crippen LogP contribution in [0.3, 0.4) is 0 Å². The van der Waals surface area contributed by atoms with Crippen molar-refractivity contribution in [2.24, 2.45) is 0 Å². The van der Waals surface area contributed by atoms with Crippen molar-refractivity contribution in [2.45, 2.75) is 12.6 Å². The summed E-state index contributed by atoms with van der Waals surface area (Å²) >= 11 is 0. The minimum Gasteiger partial charge on any atom is -0.384 e. The summed E-state index contributed by atoms with van der Waals surface area (Å²) < 4.78 is 37.2. The van der Waals surface area contributed by atoms with Crippen LogP contribution < -0.4 is 10.6 Å². The molecule has 1 aliphatic heterocycles. The Bertz CT molecular complexity index is 440. The SMILES string of the molecule is Nc1cccc(N2CC=C(C(F)(F)F)CC2)n1. The molecule has 2 heterocycles. The highest BCUT2D eigenvalue weighted by Gasteiger charge is 2.34. The molecule has 0 amide bonds. The molecule has 2 N–H and O–H groups in total. The van der Waals surface area contributed by atoms with Crippen molar-refractivity contribution in [3.05, 3.63) is 29.8 Å². The lowest BCUT2D eigenvalue weighted by atomic mass is 10.1. The van der Waals surface area contributed by atoms with Crippen molar-refractivity contribution < 1.29 is 13.2 Å². The number of halogens is 3. The minimum atomic E-state index is -4.21. The summed E-state index contributed by atoms with van der Waals surface area (Å²) in [6, 6.07) is 5.12. The summed E-state index contributed by atoms with van der Waals surface area (Å²) in [6.45, 7) is 0.521. The average Bonchev–Trinajstić information content (AvgIpc) is 2.28. The van der Waals surface area contributed by atoms with E-state index in [1.807, 2.05) is 0 Å². The number of nitrogen functional groups attached to an aromatic ring is 1. The third-order valence-corrected chi connectivity index (χ3v) is 2.65. The molecule has 0 spiro atoms. The zero-order chi connectivity index (χ0) is 12.5. The average molecular weight is 243 g/mol. The second kappa shape index (κ2) is 4.27. The highest BCUT2D eigenvalue weighted by atomic mass is 19.4. The van der Waals surface area contributed by atoms with Gasteiger partial charge in [-0.2, -0.15) is 13.2 Å². The molecule has 92 valence electrons. The van der Waals surface area contributed by atoms with Gasteiger partial charge in [0.15, 0.2) is 0 Å². The molecule has 0 aliphatic carbocycles. The lowest BCUT2D eigenvalue weighted by Crippen LogP contribution is -2.32. The minimum absolute atomic E-state index is 0.0139. The van der Waals surface area contributed by atoms with E-state index < -0.39 is 11.7 Å². The Labute approximate surface area is 96.7 Å². The van der Waals surface area contributed by atoms with Gasteiger partial charge in [-0.25, -0.2) is 4.98 Å². The molecule has 0 radical (unpaired) electrons. The number of anilines is 2. The quantitative estimate of drug-likeness (QED) is 0.770. The molecule has 1 aromatic rings. The number of rotatable bonds is 1. The predicted octanol–water partition coefficient (Wildman–Crippen LogP) is 2.36. The molecular weight excluding hydrogens is 231 g/mol. The van der Waals surface area contributed by atoms with Crippen LogP contribution in [0.25, 0.3) is 0 Å². The van der Waals surface area contributed by atoms with Gasteiger partial charge in [-0.3, -0.25) is 0 Å². The van der Waals surface area contributed by atoms with Crippen LogP contribution in [-0.2, 0) is 0 Å². The molecule has 0 unspecified atom stereocenters. The van der Waals surface area contributed by atoms with Crippen molar-refractivity contribution in [1.29, 1.82) is 0 Å². The topological polar surface area (TPSA) is 42.1 Å². The van der Waals surface area contributed by atoms with Gasteiger partial charge >= 0.3 is 6.18 Å². The lowest BCUT2D eigenvalue weighted by Gasteiger charge is -2.28. The first-order valence-electron chi connectivity index (χ1n) is 5.20. The molecule has 0 atom stereocenters. The standard InChI is InChI=1S/C11H12F3N3/c12-11(13,14)8-4-6-17(7-5-8)10-3-1-2-9(15)16-10/h1-4H,5-7H2,(H2,15,16). The van der Waals surface area contributed by atoms with E-state index >= 15 is 0 Å². The van der Waals surface area contributed by atoms with Crippen LogP contribution >= 0.6 is 0 Å². The van der Waals surface area contributed by atoms with E-state index in [1.54, 1.807) is 23.1 Å². The smallest absolute Gasteiger partial charge is 0.384 e. The number of hydrogen-bond acceptors (Lipinski definition) is 3. The van der Waals surface area contributed by atoms with Gasteiger partial charge in [-0.1, -0.05) is 12.1 Å². The third kappa shape index (κ3) is 2.69. The lowest BCUT2D eigenvalue weighted by molar-refractivity contribution is -0.0944. The monoisotopic (exact) mass is 243 g/mol. The van der Waals surface area contributed by atoms with E-state index in [9.17, 15) is 13.2 Å². The van der Waals surface area contributed by atoms with Crippen molar-refractivity contribution in [3.8, 4) is 0 Å². The van der Waals surface area contributed by atoms with Crippen LogP contribution in [0.5, 0.6) is 0 Å². The maximum atomic E-state index is 12.4. The fourth-order valence-electron chi connectivity index (χ4n) is 1.75. The molecule has 3 nitrogen and oxygen atoms in total. The molecule has 0 aromatic carbocycles. The first-order chi connectivity index (χ1) is 7.97. The molecule has 17 heavy (non-hydrogen) atoms. The number of hydrogen-bond donors (Lipinski definition) is 1. The van der Waals surface area contributed by atoms with Gasteiger partial charge < -0.3 is 10.6 Å². The molecule has 1 aliphatic rings. The van der Waals surface area contributed by atoms with E-state index in [0.29, 0.717) is 18.2 Å². The second-order valence-electron chi connectivity index (χ2n) is 3.84. The Hall–Kier alpha value is -1.72. The summed E-state index contributed by atoms with van der Waals surface area (Å²) in [4.78, 5) is 5.85. The van der Waals surface area contributed by atoms with E-state index in [4.69, 9.17) is 5.73 Å². The van der Waals surface area contributed by atoms with Crippen molar-refractivity contribution in [1.82, 2.24) is 4.98 Å². The van der Waals surface area contributed by atoms with Gasteiger partial charge in [0.2, 0.25) is 0 Å². The van der Waals surface area contributed by atoms with Crippen LogP contribution in [0.4, 0.5) is 24.8 Å². The van der Waals surface area contributed by atoms with Gasteiger partial charge in [0.1, 0.15) is 11.6 Å². The molecule has 0 saturated carbocycles. The molecule has 1 aromatic heterocycles. The Morgan fingerprint density at radius 1 is 1.29 bits per heavy atom. The first kappa shape index (κ1) is 11.8. The number of nitrogens with zero attached hydrogens (tertiary/aromatic N) is 2. The molecule has 2 rings (SSSR count). The van der Waals surface area contributed by atoms with Gasteiger partial charge in [0.05, 0.1) is 0 Å². The first-order valence-corrected chi connectivity index (χ1v) is 5.20. The third-order valence-electron chi connectivity index (χ3n) is 2.65. The summed E-state index contributed by atoms with van der Waals surface area (Å²) in [5.41, 5.74) is 5.07. The Morgan fingerprint density at radius 2 is 2.06 bits per heavy atom. The molecule has 0 bridgehead atoms. The van der Waals surface area contributed by atoms with E-state index in [0.717, 1.165) is 0 Å². The van der Waals surface area contributed by atoms with E-state index in [2.05, 4.69) is 4.98 Å². The molecular formula is C11H12F3N3. The largest absolute Gasteiger partial charge is 0.412 e. The maximum Gasteiger partial charge on any atom is 0.412 e. The highest BCUT2D eigenvalue weighted by Crippen LogP contribution is 2.31. The van der Waals surface area contributed by atoms with Gasteiger partial charge in [-0.15, -0.1) is 0 Å². The summed E-state index contributed by atoms with van der Waals surface area (Å²) in [5.74, 6) is 0.982. The summed E-state index contributed by atoms with van der Waals surface area (Å²) in [5, 5.41) is 0. The van der Waals surface area contributed by atoms with Crippen LogP contribution in [0.2, 0.25) is 0 Å². The summed E-state index contributed by atoms with van der Waals surface area (Å²) in [6.07, 6.45) is -3.02. The van der Waals surface area contributed by atoms with Gasteiger partial charge in [-0.05, 0) is 18.6 Å². The second-order valence-corrected chi connectivity index (χ2v) is 3.84. The number of aromatic nitrogens is 1. The fraction of sp³-hybridized carbons (Fsp3) is 0.364. The van der Waals surface area contributed by atoms with E-state index in [-0.39, 0.29) is 13.0 Å². The molecule has 0 fully saturated rings.